The summed E-state index contributed by atoms with van der Waals surface area (Å²) in [5.74, 6) is -1.08. The highest BCUT2D eigenvalue weighted by atomic mass is 16.6. The summed E-state index contributed by atoms with van der Waals surface area (Å²) in [5.41, 5.74) is 0. The van der Waals surface area contributed by atoms with E-state index >= 15 is 0 Å². The maximum atomic E-state index is 12.9. The van der Waals surface area contributed by atoms with Crippen LogP contribution in [0.3, 0.4) is 0 Å². The van der Waals surface area contributed by atoms with Gasteiger partial charge in [0.05, 0.1) is 0 Å². The maximum absolute atomic E-state index is 12.9. The number of allylic oxidation sites excluding steroid dienone is 24. The van der Waals surface area contributed by atoms with Crippen molar-refractivity contribution >= 4 is 17.9 Å². The second-order valence-corrected chi connectivity index (χ2v) is 19.5. The third-order valence-electron chi connectivity index (χ3n) is 12.3. The normalized spacial score (nSPS) is 13.2. The smallest absolute Gasteiger partial charge is 0.306 e. The molecule has 0 aliphatic heterocycles. The maximum Gasteiger partial charge on any atom is 0.306 e. The lowest BCUT2D eigenvalue weighted by Crippen LogP contribution is -2.30. The molecule has 0 rings (SSSR count). The van der Waals surface area contributed by atoms with E-state index in [1.165, 1.54) is 103 Å². The van der Waals surface area contributed by atoms with E-state index in [1.54, 1.807) is 0 Å². The molecule has 0 heterocycles. The van der Waals surface area contributed by atoms with Gasteiger partial charge in [0.25, 0.3) is 0 Å². The van der Waals surface area contributed by atoms with Crippen molar-refractivity contribution in [3.05, 3.63) is 146 Å². The van der Waals surface area contributed by atoms with Gasteiger partial charge in [-0.05, 0) is 122 Å². The molecule has 6 heteroatoms. The summed E-state index contributed by atoms with van der Waals surface area (Å²) in [6.07, 6.45) is 88.6. The summed E-state index contributed by atoms with van der Waals surface area (Å²) in [7, 11) is 0. The highest BCUT2D eigenvalue weighted by Crippen LogP contribution is 2.14. The predicted molar refractivity (Wildman–Crippen MR) is 325 cm³/mol. The number of hydrogen-bond acceptors (Lipinski definition) is 6. The Balaban J connectivity index is 4.57. The fourth-order valence-corrected chi connectivity index (χ4v) is 7.85. The molecule has 0 radical (unpaired) electrons. The first-order chi connectivity index (χ1) is 37.0. The first-order valence-corrected chi connectivity index (χ1v) is 30.3. The number of rotatable bonds is 53. The van der Waals surface area contributed by atoms with Gasteiger partial charge in [-0.15, -0.1) is 0 Å². The number of unbranched alkanes of at least 4 members (excludes halogenated alkanes) is 18. The van der Waals surface area contributed by atoms with Gasteiger partial charge in [0.15, 0.2) is 6.10 Å². The summed E-state index contributed by atoms with van der Waals surface area (Å²) in [6.45, 7) is 6.30. The topological polar surface area (TPSA) is 78.9 Å². The zero-order chi connectivity index (χ0) is 54.3. The van der Waals surface area contributed by atoms with Crippen molar-refractivity contribution < 1.29 is 28.6 Å². The molecular formula is C69H110O6. The fourth-order valence-electron chi connectivity index (χ4n) is 7.85. The summed E-state index contributed by atoms with van der Waals surface area (Å²) >= 11 is 0. The van der Waals surface area contributed by atoms with Crippen LogP contribution < -0.4 is 0 Å². The van der Waals surface area contributed by atoms with Crippen molar-refractivity contribution in [2.75, 3.05) is 13.2 Å². The van der Waals surface area contributed by atoms with Crippen LogP contribution in [0.4, 0.5) is 0 Å². The molecule has 0 saturated carbocycles. The Labute approximate surface area is 461 Å². The Morgan fingerprint density at radius 2 is 0.560 bits per heavy atom. The van der Waals surface area contributed by atoms with E-state index in [2.05, 4.69) is 154 Å². The molecule has 0 saturated heterocycles. The van der Waals surface area contributed by atoms with Gasteiger partial charge in [-0.25, -0.2) is 0 Å². The third-order valence-corrected chi connectivity index (χ3v) is 12.3. The molecule has 0 amide bonds. The van der Waals surface area contributed by atoms with Crippen LogP contribution in [0.15, 0.2) is 146 Å². The average molecular weight is 1040 g/mol. The fraction of sp³-hybridized carbons (Fsp3) is 0.609. The van der Waals surface area contributed by atoms with Crippen molar-refractivity contribution in [3.63, 3.8) is 0 Å². The summed E-state index contributed by atoms with van der Waals surface area (Å²) in [4.78, 5) is 38.2. The minimum absolute atomic E-state index is 0.131. The zero-order valence-electron chi connectivity index (χ0n) is 48.3. The lowest BCUT2D eigenvalue weighted by molar-refractivity contribution is -0.166. The van der Waals surface area contributed by atoms with Crippen LogP contribution in [0.2, 0.25) is 0 Å². The predicted octanol–water partition coefficient (Wildman–Crippen LogP) is 20.8. The van der Waals surface area contributed by atoms with Crippen LogP contribution in [-0.4, -0.2) is 37.2 Å². The molecule has 0 aliphatic carbocycles. The van der Waals surface area contributed by atoms with E-state index in [4.69, 9.17) is 14.2 Å². The number of ether oxygens (including phenoxy) is 3. The second-order valence-electron chi connectivity index (χ2n) is 19.5. The zero-order valence-corrected chi connectivity index (χ0v) is 48.3. The van der Waals surface area contributed by atoms with Gasteiger partial charge in [0, 0.05) is 19.3 Å². The molecule has 0 N–H and O–H groups in total. The molecular weight excluding hydrogens is 925 g/mol. The van der Waals surface area contributed by atoms with Gasteiger partial charge in [0.1, 0.15) is 13.2 Å². The Morgan fingerprint density at radius 1 is 0.280 bits per heavy atom. The third kappa shape index (κ3) is 60.0. The largest absolute Gasteiger partial charge is 0.462 e. The highest BCUT2D eigenvalue weighted by Gasteiger charge is 2.19. The number of carbonyl (C=O) groups excluding carboxylic acids is 3. The molecule has 6 nitrogen and oxygen atoms in total. The van der Waals surface area contributed by atoms with Crippen molar-refractivity contribution in [3.8, 4) is 0 Å². The molecule has 422 valence electrons. The second kappa shape index (κ2) is 61.8. The van der Waals surface area contributed by atoms with E-state index in [0.29, 0.717) is 19.3 Å². The van der Waals surface area contributed by atoms with Crippen LogP contribution >= 0.6 is 0 Å². The average Bonchev–Trinajstić information content (AvgIpc) is 3.41. The number of esters is 3. The van der Waals surface area contributed by atoms with E-state index in [1.807, 2.05) is 12.2 Å². The molecule has 1 atom stereocenters. The lowest BCUT2D eigenvalue weighted by atomic mass is 10.0. The van der Waals surface area contributed by atoms with Gasteiger partial charge >= 0.3 is 17.9 Å². The van der Waals surface area contributed by atoms with Crippen LogP contribution in [0.5, 0.6) is 0 Å². The molecule has 0 aromatic carbocycles. The molecule has 0 aromatic rings. The van der Waals surface area contributed by atoms with Gasteiger partial charge < -0.3 is 14.2 Å². The molecule has 0 aromatic heterocycles. The van der Waals surface area contributed by atoms with E-state index in [0.717, 1.165) is 96.3 Å². The summed E-state index contributed by atoms with van der Waals surface area (Å²) < 4.78 is 16.8. The van der Waals surface area contributed by atoms with Gasteiger partial charge in [0.2, 0.25) is 0 Å². The first-order valence-electron chi connectivity index (χ1n) is 30.3. The standard InChI is InChI=1S/C69H110O6/c1-4-7-10-13-16-19-22-25-28-31-33-34-36-38-41-44-47-50-53-56-59-62-68(71)74-65-66(64-73-67(70)61-58-55-52-49-46-43-40-37-30-27-24-21-18-15-12-9-6-3)75-69(72)63-60-57-54-51-48-45-42-39-35-32-29-26-23-20-17-14-11-8-5-2/h8-9,11-12,17-18,20-21,25-30,35,39-40,43,45,48-49,52,54,57,66H,4-7,10,13-16,19,22-24,31-34,36-38,41-42,44,46-47,50-51,53,55-56,58-65H2,1-3H3/b11-8-,12-9-,20-17-,21-18-,28-25-,29-26-,30-27-,39-35-,43-40-,48-45-,52-49-,57-54-/t66-/m1/s1. The lowest BCUT2D eigenvalue weighted by Gasteiger charge is -2.18. The first kappa shape index (κ1) is 70.3. The van der Waals surface area contributed by atoms with Crippen molar-refractivity contribution in [1.82, 2.24) is 0 Å². The Kier molecular flexibility index (Phi) is 58.0. The van der Waals surface area contributed by atoms with E-state index < -0.39 is 12.1 Å². The van der Waals surface area contributed by atoms with E-state index in [-0.39, 0.29) is 38.0 Å². The van der Waals surface area contributed by atoms with Crippen LogP contribution in [-0.2, 0) is 28.6 Å². The van der Waals surface area contributed by atoms with Crippen LogP contribution in [0, 0.1) is 0 Å². The van der Waals surface area contributed by atoms with Crippen LogP contribution in [0.25, 0.3) is 0 Å². The van der Waals surface area contributed by atoms with Crippen LogP contribution in [0.1, 0.15) is 252 Å². The molecule has 75 heavy (non-hydrogen) atoms. The minimum atomic E-state index is -0.849. The molecule has 0 spiro atoms. The van der Waals surface area contributed by atoms with Crippen molar-refractivity contribution in [1.29, 1.82) is 0 Å². The van der Waals surface area contributed by atoms with Gasteiger partial charge in [-0.3, -0.25) is 14.4 Å². The monoisotopic (exact) mass is 1030 g/mol. The summed E-state index contributed by atoms with van der Waals surface area (Å²) in [6, 6.07) is 0. The van der Waals surface area contributed by atoms with Gasteiger partial charge in [-0.1, -0.05) is 256 Å². The minimum Gasteiger partial charge on any atom is -0.462 e. The SMILES string of the molecule is CC/C=C\C/C=C\C/C=C\C/C=C\C/C=C\C/C=C\CCC(=O)O[C@H](COC(=O)CCC/C=C\C/C=C\C/C=C\C/C=C\C/C=C\CC)COC(=O)CCCCCCCCCCCCC/C=C\CCCCCCCC. The van der Waals surface area contributed by atoms with Gasteiger partial charge in [-0.2, -0.15) is 0 Å². The Hall–Kier alpha value is -4.71. The molecule has 0 fully saturated rings. The number of carbonyl (C=O) groups is 3. The molecule has 0 aliphatic rings. The molecule has 0 unspecified atom stereocenters. The van der Waals surface area contributed by atoms with E-state index in [9.17, 15) is 14.4 Å². The highest BCUT2D eigenvalue weighted by molar-refractivity contribution is 5.71. The van der Waals surface area contributed by atoms with Crippen molar-refractivity contribution in [2.45, 2.75) is 258 Å². The number of hydrogen-bond donors (Lipinski definition) is 0. The quantitative estimate of drug-likeness (QED) is 0.0261. The molecule has 0 bridgehead atoms. The Morgan fingerprint density at radius 3 is 0.933 bits per heavy atom. The van der Waals surface area contributed by atoms with Crippen molar-refractivity contribution in [2.24, 2.45) is 0 Å². The Bertz CT molecular complexity index is 1660. The summed E-state index contributed by atoms with van der Waals surface area (Å²) in [5, 5.41) is 0.